The molecule has 61 heavy (non-hydrogen) atoms. The molecule has 0 saturated carbocycles. The van der Waals surface area contributed by atoms with E-state index < -0.39 is 23.3 Å². The second-order valence-corrected chi connectivity index (χ2v) is 14.3. The zero-order chi connectivity index (χ0) is 42.4. The first kappa shape index (κ1) is 48.0. The topological polar surface area (TPSA) is 24.1 Å². The molecule has 2 aliphatic rings. The zero-order valence-corrected chi connectivity index (χ0v) is 36.2. The molecule has 0 saturated heterocycles. The van der Waals surface area contributed by atoms with Crippen molar-refractivity contribution < 1.29 is 39.3 Å². The fourth-order valence-corrected chi connectivity index (χ4v) is 6.41. The van der Waals surface area contributed by atoms with Gasteiger partial charge >= 0.3 is 21.7 Å². The van der Waals surface area contributed by atoms with Gasteiger partial charge in [0.2, 0.25) is 0 Å². The molecule has 2 nitrogen and oxygen atoms in total. The first-order valence-electron chi connectivity index (χ1n) is 20.2. The number of rotatable bonds is 12. The van der Waals surface area contributed by atoms with E-state index in [0.29, 0.717) is 0 Å². The van der Waals surface area contributed by atoms with Crippen LogP contribution in [0.15, 0.2) is 158 Å². The molecule has 0 radical (unpaired) electrons. The summed E-state index contributed by atoms with van der Waals surface area (Å²) in [4.78, 5) is 0. The quantitative estimate of drug-likeness (QED) is 0.0728. The summed E-state index contributed by atoms with van der Waals surface area (Å²) in [6.07, 6.45) is 25.7. The van der Waals surface area contributed by atoms with Crippen molar-refractivity contribution in [2.45, 2.75) is 65.2 Å². The summed E-state index contributed by atoms with van der Waals surface area (Å²) in [7, 11) is 0. The van der Waals surface area contributed by atoms with Crippen molar-refractivity contribution in [3.63, 3.8) is 0 Å². The van der Waals surface area contributed by atoms with Crippen LogP contribution in [0.2, 0.25) is 0 Å². The number of benzene rings is 6. The maximum atomic E-state index is 13.9. The van der Waals surface area contributed by atoms with Gasteiger partial charge in [-0.15, -0.1) is 49.2 Å². The number of anilines is 4. The van der Waals surface area contributed by atoms with E-state index in [4.69, 9.17) is 0 Å². The Morgan fingerprint density at radius 1 is 0.475 bits per heavy atom. The average molecular weight is 851 g/mol. The maximum Gasteiger partial charge on any atom is 4.00 e. The van der Waals surface area contributed by atoms with Crippen molar-refractivity contribution >= 4 is 22.7 Å². The van der Waals surface area contributed by atoms with Gasteiger partial charge in [0.05, 0.1) is 0 Å². The van der Waals surface area contributed by atoms with Crippen LogP contribution in [-0.2, 0) is 47.4 Å². The molecule has 0 heterocycles. The van der Waals surface area contributed by atoms with Gasteiger partial charge in [0.1, 0.15) is 0 Å². The van der Waals surface area contributed by atoms with E-state index in [0.717, 1.165) is 85.0 Å². The number of hydrogen-bond donors (Lipinski definition) is 2. The Balaban J connectivity index is 0.000000215. The van der Waals surface area contributed by atoms with Crippen LogP contribution < -0.4 is 10.6 Å². The van der Waals surface area contributed by atoms with E-state index in [1.807, 2.05) is 98.8 Å². The standard InChI is InChI=1S/2C22H20F2N.2C5H5.Ti/c2*1-16-10-12-21(25-22-13-11-19(23)15-20(22)24)18(14-16)9-5-8-17-6-3-2-4-7-17;2*1-2-4-5-3-1;/h2*2-4,6-7,10-14,25H,5,8-9H2,1H3;2*1-3H,4H2;/q4*-1;+4. The summed E-state index contributed by atoms with van der Waals surface area (Å²) >= 11 is 0. The molecule has 2 aliphatic carbocycles. The molecule has 7 heteroatoms. The van der Waals surface area contributed by atoms with E-state index >= 15 is 0 Å². The van der Waals surface area contributed by atoms with Crippen molar-refractivity contribution in [3.05, 3.63) is 239 Å². The number of halogens is 4. The van der Waals surface area contributed by atoms with E-state index in [9.17, 15) is 17.6 Å². The fourth-order valence-electron chi connectivity index (χ4n) is 6.41. The summed E-state index contributed by atoms with van der Waals surface area (Å²) in [5, 5.41) is 6.14. The number of aryl methyl sites for hydroxylation is 6. The van der Waals surface area contributed by atoms with Crippen LogP contribution in [0.5, 0.6) is 0 Å². The average Bonchev–Trinajstić information content (AvgIpc) is 4.04. The predicted octanol–water partition coefficient (Wildman–Crippen LogP) is 14.6. The molecular formula is C54H50F4N2Ti. The fraction of sp³-hybridized carbons (Fsp3) is 0.185. The second-order valence-electron chi connectivity index (χ2n) is 14.3. The summed E-state index contributed by atoms with van der Waals surface area (Å²) in [5.41, 5.74) is 9.34. The maximum absolute atomic E-state index is 13.9. The third-order valence-corrected chi connectivity index (χ3v) is 9.46. The largest absolute Gasteiger partial charge is 4.00 e. The summed E-state index contributed by atoms with van der Waals surface area (Å²) in [5.74, 6) is -2.82. The van der Waals surface area contributed by atoms with Gasteiger partial charge in [-0.2, -0.15) is 12.2 Å². The van der Waals surface area contributed by atoms with Crippen LogP contribution in [0.3, 0.4) is 0 Å². The molecule has 8 rings (SSSR count). The number of hydrogen-bond acceptors (Lipinski definition) is 2. The minimum Gasteiger partial charge on any atom is -0.406 e. The first-order valence-corrected chi connectivity index (χ1v) is 20.2. The summed E-state index contributed by atoms with van der Waals surface area (Å²) in [6, 6.07) is 42.1. The van der Waals surface area contributed by atoms with Gasteiger partial charge < -0.3 is 10.6 Å². The SMILES string of the molecule is Cc1ccc(Nc2ccc(F)[c-]c2F)c(CCCc2ccccc2)c1.Cc1ccc(Nc2ccc(F)[c-]c2F)c(CCCc2ccccc2)c1.[C-]1=CC=CC1.[C-]1=CC=CC1.[Ti+4]. The molecule has 0 atom stereocenters. The summed E-state index contributed by atoms with van der Waals surface area (Å²) in [6.45, 7) is 4.08. The van der Waals surface area contributed by atoms with Crippen LogP contribution in [0, 0.1) is 61.4 Å². The third kappa shape index (κ3) is 17.4. The minimum atomic E-state index is -0.712. The van der Waals surface area contributed by atoms with Gasteiger partial charge in [-0.1, -0.05) is 96.1 Å². The molecule has 2 N–H and O–H groups in total. The molecule has 6 aromatic rings. The summed E-state index contributed by atoms with van der Waals surface area (Å²) < 4.78 is 53.8. The second kappa shape index (κ2) is 26.5. The van der Waals surface area contributed by atoms with Gasteiger partial charge in [-0.25, -0.2) is 41.9 Å². The first-order chi connectivity index (χ1) is 29.2. The number of nitrogens with one attached hydrogen (secondary N) is 2. The van der Waals surface area contributed by atoms with Crippen LogP contribution in [0.1, 0.15) is 59.1 Å². The Bertz CT molecular complexity index is 2170. The van der Waals surface area contributed by atoms with Crippen LogP contribution in [0.4, 0.5) is 40.3 Å². The van der Waals surface area contributed by atoms with Gasteiger partial charge in [0.15, 0.2) is 0 Å². The van der Waals surface area contributed by atoms with Crippen molar-refractivity contribution in [1.82, 2.24) is 0 Å². The van der Waals surface area contributed by atoms with Crippen molar-refractivity contribution in [2.24, 2.45) is 0 Å². The molecule has 0 aliphatic heterocycles. The zero-order valence-electron chi connectivity index (χ0n) is 34.7. The van der Waals surface area contributed by atoms with Gasteiger partial charge in [-0.3, -0.25) is 12.2 Å². The number of allylic oxidation sites excluding steroid dienone is 8. The monoisotopic (exact) mass is 850 g/mol. The van der Waals surface area contributed by atoms with Crippen LogP contribution >= 0.6 is 0 Å². The molecule has 0 unspecified atom stereocenters. The smallest absolute Gasteiger partial charge is 0.406 e. The molecule has 308 valence electrons. The van der Waals surface area contributed by atoms with Gasteiger partial charge in [-0.05, 0) is 98.1 Å². The minimum absolute atomic E-state index is 0. The molecule has 6 aromatic carbocycles. The third-order valence-electron chi connectivity index (χ3n) is 9.46. The molecule has 0 spiro atoms. The molecule has 0 aromatic heterocycles. The normalized spacial score (nSPS) is 11.6. The van der Waals surface area contributed by atoms with Crippen LogP contribution in [-0.4, -0.2) is 0 Å². The Hall–Kier alpha value is -5.69. The molecule has 0 amide bonds. The molecule has 0 bridgehead atoms. The molecular weight excluding hydrogens is 800 g/mol. The predicted molar refractivity (Wildman–Crippen MR) is 239 cm³/mol. The Morgan fingerprint density at radius 3 is 1.20 bits per heavy atom. The van der Waals surface area contributed by atoms with Crippen molar-refractivity contribution in [1.29, 1.82) is 0 Å². The van der Waals surface area contributed by atoms with Crippen molar-refractivity contribution in [3.8, 4) is 0 Å². The van der Waals surface area contributed by atoms with Crippen LogP contribution in [0.25, 0.3) is 0 Å². The van der Waals surface area contributed by atoms with Crippen molar-refractivity contribution in [2.75, 3.05) is 10.6 Å². The Morgan fingerprint density at radius 2 is 0.869 bits per heavy atom. The van der Waals surface area contributed by atoms with Gasteiger partial charge in [0, 0.05) is 34.6 Å². The van der Waals surface area contributed by atoms with E-state index in [2.05, 4.69) is 83.5 Å². The van der Waals surface area contributed by atoms with E-state index in [1.54, 1.807) is 0 Å². The van der Waals surface area contributed by atoms with E-state index in [-0.39, 0.29) is 33.1 Å². The Labute approximate surface area is 374 Å². The van der Waals surface area contributed by atoms with E-state index in [1.165, 1.54) is 35.4 Å². The Kier molecular flexibility index (Phi) is 20.9. The van der Waals surface area contributed by atoms with Gasteiger partial charge in [0.25, 0.3) is 0 Å². The molecule has 0 fully saturated rings.